The Morgan fingerprint density at radius 3 is 2.36 bits per heavy atom. The van der Waals surface area contributed by atoms with Gasteiger partial charge in [0.25, 0.3) is 0 Å². The molecule has 0 saturated heterocycles. The number of hydrogen-bond donors (Lipinski definition) is 2. The summed E-state index contributed by atoms with van der Waals surface area (Å²) in [6, 6.07) is 0. The van der Waals surface area contributed by atoms with E-state index in [-0.39, 0.29) is 10.8 Å². The minimum atomic E-state index is -3.24. The van der Waals surface area contributed by atoms with Gasteiger partial charge in [0.05, 0.1) is 11.4 Å². The Hall–Kier alpha value is -0.550. The van der Waals surface area contributed by atoms with Crippen LogP contribution in [0.2, 0.25) is 0 Å². The quantitative estimate of drug-likeness (QED) is 0.654. The summed E-state index contributed by atoms with van der Waals surface area (Å²) in [5.74, 6) is 0.130. The molecule has 0 heterocycles. The standard InChI is InChI=1S/C9H20N2O2S/c1-5-6-7-14(12,13)8(2)11-9(3,4)10/h11H,2,5-7,10H2,1,3-4H3. The van der Waals surface area contributed by atoms with Gasteiger partial charge in [-0.3, -0.25) is 0 Å². The Bertz CT molecular complexity index is 288. The molecule has 4 nitrogen and oxygen atoms in total. The fourth-order valence-electron chi connectivity index (χ4n) is 0.895. The summed E-state index contributed by atoms with van der Waals surface area (Å²) in [6.45, 7) is 8.80. The second-order valence-electron chi connectivity index (χ2n) is 3.94. The van der Waals surface area contributed by atoms with Gasteiger partial charge in [0, 0.05) is 0 Å². The van der Waals surface area contributed by atoms with E-state index >= 15 is 0 Å². The molecule has 0 saturated carbocycles. The predicted octanol–water partition coefficient (Wildman–Crippen LogP) is 0.957. The number of sulfone groups is 1. The van der Waals surface area contributed by atoms with Crippen molar-refractivity contribution in [2.24, 2.45) is 5.73 Å². The van der Waals surface area contributed by atoms with Gasteiger partial charge in [0.15, 0.2) is 9.84 Å². The van der Waals surface area contributed by atoms with Crippen LogP contribution in [0, 0.1) is 0 Å². The monoisotopic (exact) mass is 220 g/mol. The van der Waals surface area contributed by atoms with Gasteiger partial charge in [-0.1, -0.05) is 19.9 Å². The Kier molecular flexibility index (Phi) is 4.61. The van der Waals surface area contributed by atoms with Crippen molar-refractivity contribution in [3.05, 3.63) is 11.6 Å². The van der Waals surface area contributed by atoms with Crippen LogP contribution in [0.25, 0.3) is 0 Å². The SMILES string of the molecule is C=C(NC(C)(C)N)S(=O)(=O)CCCC. The summed E-state index contributed by atoms with van der Waals surface area (Å²) in [5, 5.41) is 2.68. The fourth-order valence-corrected chi connectivity index (χ4v) is 2.23. The number of rotatable bonds is 6. The van der Waals surface area contributed by atoms with Crippen molar-refractivity contribution in [2.45, 2.75) is 39.3 Å². The maximum atomic E-state index is 11.5. The molecule has 0 aliphatic carbocycles. The van der Waals surface area contributed by atoms with Crippen LogP contribution < -0.4 is 11.1 Å². The Morgan fingerprint density at radius 1 is 1.50 bits per heavy atom. The minimum absolute atomic E-state index is 0.0125. The summed E-state index contributed by atoms with van der Waals surface area (Å²) < 4.78 is 23.1. The van der Waals surface area contributed by atoms with E-state index in [1.807, 2.05) is 6.92 Å². The summed E-state index contributed by atoms with van der Waals surface area (Å²) in [5.41, 5.74) is 4.87. The van der Waals surface area contributed by atoms with Crippen molar-refractivity contribution >= 4 is 9.84 Å². The molecule has 0 aliphatic rings. The third-order valence-corrected chi connectivity index (χ3v) is 3.28. The zero-order chi connectivity index (χ0) is 11.4. The minimum Gasteiger partial charge on any atom is -0.359 e. The van der Waals surface area contributed by atoms with Gasteiger partial charge in [0.2, 0.25) is 0 Å². The number of nitrogens with one attached hydrogen (secondary N) is 1. The molecular weight excluding hydrogens is 200 g/mol. The van der Waals surface area contributed by atoms with Crippen LogP contribution in [0.15, 0.2) is 11.6 Å². The molecule has 0 fully saturated rings. The molecule has 5 heteroatoms. The first-order valence-electron chi connectivity index (χ1n) is 4.68. The lowest BCUT2D eigenvalue weighted by Gasteiger charge is -2.23. The highest BCUT2D eigenvalue weighted by molar-refractivity contribution is 7.95. The van der Waals surface area contributed by atoms with Crippen molar-refractivity contribution in [3.63, 3.8) is 0 Å². The van der Waals surface area contributed by atoms with Crippen molar-refractivity contribution in [3.8, 4) is 0 Å². The van der Waals surface area contributed by atoms with Gasteiger partial charge in [-0.25, -0.2) is 8.42 Å². The highest BCUT2D eigenvalue weighted by Crippen LogP contribution is 2.07. The molecular formula is C9H20N2O2S. The Balaban J connectivity index is 4.38. The molecule has 0 aromatic rings. The number of hydrogen-bond acceptors (Lipinski definition) is 4. The van der Waals surface area contributed by atoms with Crippen LogP contribution in [-0.4, -0.2) is 19.8 Å². The van der Waals surface area contributed by atoms with Crippen LogP contribution in [0.4, 0.5) is 0 Å². The number of unbranched alkanes of at least 4 members (excludes halogenated alkanes) is 1. The summed E-state index contributed by atoms with van der Waals surface area (Å²) >= 11 is 0. The van der Waals surface area contributed by atoms with Gasteiger partial charge < -0.3 is 11.1 Å². The predicted molar refractivity (Wildman–Crippen MR) is 59.2 cm³/mol. The first-order valence-corrected chi connectivity index (χ1v) is 6.33. The summed E-state index contributed by atoms with van der Waals surface area (Å²) in [7, 11) is -3.24. The van der Waals surface area contributed by atoms with E-state index < -0.39 is 15.5 Å². The van der Waals surface area contributed by atoms with Gasteiger partial charge in [-0.2, -0.15) is 0 Å². The van der Waals surface area contributed by atoms with E-state index in [1.165, 1.54) is 0 Å². The van der Waals surface area contributed by atoms with Crippen LogP contribution >= 0.6 is 0 Å². The van der Waals surface area contributed by atoms with E-state index in [0.717, 1.165) is 6.42 Å². The van der Waals surface area contributed by atoms with Gasteiger partial charge in [0.1, 0.15) is 5.03 Å². The lowest BCUT2D eigenvalue weighted by Crippen LogP contribution is -2.48. The first kappa shape index (κ1) is 13.4. The van der Waals surface area contributed by atoms with Crippen LogP contribution in [0.1, 0.15) is 33.6 Å². The van der Waals surface area contributed by atoms with Crippen LogP contribution in [-0.2, 0) is 9.84 Å². The number of nitrogens with two attached hydrogens (primary N) is 1. The molecule has 0 aliphatic heterocycles. The molecule has 0 rings (SSSR count). The molecule has 0 bridgehead atoms. The highest BCUT2D eigenvalue weighted by Gasteiger charge is 2.20. The van der Waals surface area contributed by atoms with E-state index in [4.69, 9.17) is 5.73 Å². The Morgan fingerprint density at radius 2 is 2.00 bits per heavy atom. The molecule has 0 atom stereocenters. The maximum Gasteiger partial charge on any atom is 0.192 e. The zero-order valence-electron chi connectivity index (χ0n) is 9.13. The smallest absolute Gasteiger partial charge is 0.192 e. The molecule has 0 aromatic heterocycles. The second-order valence-corrected chi connectivity index (χ2v) is 6.07. The molecule has 14 heavy (non-hydrogen) atoms. The molecule has 0 radical (unpaired) electrons. The van der Waals surface area contributed by atoms with Gasteiger partial charge >= 0.3 is 0 Å². The fraction of sp³-hybridized carbons (Fsp3) is 0.778. The maximum absolute atomic E-state index is 11.5. The average molecular weight is 220 g/mol. The molecule has 0 unspecified atom stereocenters. The second kappa shape index (κ2) is 4.79. The third kappa shape index (κ3) is 5.24. The third-order valence-electron chi connectivity index (χ3n) is 1.60. The van der Waals surface area contributed by atoms with E-state index in [1.54, 1.807) is 13.8 Å². The largest absolute Gasteiger partial charge is 0.359 e. The van der Waals surface area contributed by atoms with Gasteiger partial charge in [-0.15, -0.1) is 0 Å². The normalized spacial score (nSPS) is 12.6. The average Bonchev–Trinajstić information content (AvgIpc) is 1.97. The van der Waals surface area contributed by atoms with Crippen LogP contribution in [0.3, 0.4) is 0 Å². The molecule has 0 spiro atoms. The molecule has 0 aromatic carbocycles. The van der Waals surface area contributed by atoms with E-state index in [9.17, 15) is 8.42 Å². The van der Waals surface area contributed by atoms with Crippen molar-refractivity contribution in [1.82, 2.24) is 5.32 Å². The molecule has 84 valence electrons. The van der Waals surface area contributed by atoms with E-state index in [0.29, 0.717) is 6.42 Å². The molecule has 3 N–H and O–H groups in total. The summed E-state index contributed by atoms with van der Waals surface area (Å²) in [6.07, 6.45) is 1.49. The lowest BCUT2D eigenvalue weighted by atomic mass is 10.3. The van der Waals surface area contributed by atoms with Crippen LogP contribution in [0.5, 0.6) is 0 Å². The topological polar surface area (TPSA) is 72.2 Å². The summed E-state index contributed by atoms with van der Waals surface area (Å²) in [4.78, 5) is 0. The zero-order valence-corrected chi connectivity index (χ0v) is 9.95. The highest BCUT2D eigenvalue weighted by atomic mass is 32.2. The Labute approximate surface area is 86.5 Å². The van der Waals surface area contributed by atoms with Crippen molar-refractivity contribution in [1.29, 1.82) is 0 Å². The van der Waals surface area contributed by atoms with Gasteiger partial charge in [-0.05, 0) is 20.3 Å². The van der Waals surface area contributed by atoms with E-state index in [2.05, 4.69) is 11.9 Å². The molecule has 0 amide bonds. The van der Waals surface area contributed by atoms with Crippen molar-refractivity contribution in [2.75, 3.05) is 5.75 Å². The first-order chi connectivity index (χ1) is 6.19. The lowest BCUT2D eigenvalue weighted by molar-refractivity contribution is 0.454. The van der Waals surface area contributed by atoms with Crippen molar-refractivity contribution < 1.29 is 8.42 Å².